The number of carboxylic acid groups (broad SMARTS) is 1. The molecule has 0 atom stereocenters. The predicted molar refractivity (Wildman–Crippen MR) is 73.5 cm³/mol. The summed E-state index contributed by atoms with van der Waals surface area (Å²) < 4.78 is 10.8. The second-order valence-corrected chi connectivity index (χ2v) is 5.00. The van der Waals surface area contributed by atoms with Crippen molar-refractivity contribution in [1.82, 2.24) is 0 Å². The molecule has 0 aromatic heterocycles. The third kappa shape index (κ3) is 11.1. The van der Waals surface area contributed by atoms with Crippen molar-refractivity contribution in [3.05, 3.63) is 0 Å². The van der Waals surface area contributed by atoms with E-state index in [1.807, 2.05) is 7.05 Å². The van der Waals surface area contributed by atoms with Gasteiger partial charge in [0.2, 0.25) is 0 Å². The summed E-state index contributed by atoms with van der Waals surface area (Å²) >= 11 is 0. The molecule has 0 spiro atoms. The zero-order valence-corrected chi connectivity index (χ0v) is 12.3. The number of nitrogens with zero attached hydrogens (tertiary/aromatic N) is 1. The number of aliphatic hydroxyl groups excluding tert-OH is 2. The van der Waals surface area contributed by atoms with Crippen LogP contribution in [0.5, 0.6) is 0 Å². The van der Waals surface area contributed by atoms with E-state index < -0.39 is 5.97 Å². The van der Waals surface area contributed by atoms with Crippen LogP contribution in [0.4, 0.5) is 0 Å². The van der Waals surface area contributed by atoms with Crippen molar-refractivity contribution in [3.63, 3.8) is 0 Å². The van der Waals surface area contributed by atoms with Crippen molar-refractivity contribution in [2.45, 2.75) is 12.8 Å². The normalized spacial score (nSPS) is 11.8. The predicted octanol–water partition coefficient (Wildman–Crippen LogP) is -0.684. The minimum absolute atomic E-state index is 0.00342. The molecule has 120 valence electrons. The van der Waals surface area contributed by atoms with Gasteiger partial charge in [0.25, 0.3) is 0 Å². The van der Waals surface area contributed by atoms with E-state index >= 15 is 0 Å². The van der Waals surface area contributed by atoms with E-state index in [1.54, 1.807) is 0 Å². The van der Waals surface area contributed by atoms with E-state index in [0.29, 0.717) is 44.0 Å². The van der Waals surface area contributed by atoms with Gasteiger partial charge in [0.05, 0.1) is 59.8 Å². The van der Waals surface area contributed by atoms with Crippen LogP contribution >= 0.6 is 0 Å². The highest BCUT2D eigenvalue weighted by atomic mass is 16.5. The van der Waals surface area contributed by atoms with Crippen molar-refractivity contribution in [2.24, 2.45) is 0 Å². The van der Waals surface area contributed by atoms with Crippen LogP contribution in [-0.4, -0.2) is 92.1 Å². The van der Waals surface area contributed by atoms with Gasteiger partial charge in [0.1, 0.15) is 0 Å². The molecular formula is C13H28NO6+. The maximum atomic E-state index is 10.9. The second-order valence-electron chi connectivity index (χ2n) is 5.00. The number of hydrogen-bond acceptors (Lipinski definition) is 5. The first-order chi connectivity index (χ1) is 9.54. The number of carbonyl (C=O) groups is 1. The van der Waals surface area contributed by atoms with Gasteiger partial charge in [-0.05, 0) is 0 Å². The first kappa shape index (κ1) is 19.3. The lowest BCUT2D eigenvalue weighted by atomic mass is 10.2. The van der Waals surface area contributed by atoms with Crippen molar-refractivity contribution < 1.29 is 34.1 Å². The molecule has 0 amide bonds. The van der Waals surface area contributed by atoms with Crippen LogP contribution in [0.15, 0.2) is 0 Å². The number of hydrogen-bond donors (Lipinski definition) is 3. The molecule has 0 rings (SSSR count). The fourth-order valence-electron chi connectivity index (χ4n) is 2.03. The number of rotatable bonds is 14. The summed E-state index contributed by atoms with van der Waals surface area (Å²) in [5.74, 6) is -0.819. The number of carboxylic acids is 1. The van der Waals surface area contributed by atoms with Gasteiger partial charge < -0.3 is 29.3 Å². The lowest BCUT2D eigenvalue weighted by molar-refractivity contribution is -0.903. The molecule has 0 heterocycles. The topological polar surface area (TPSA) is 96.2 Å². The van der Waals surface area contributed by atoms with Gasteiger partial charge in [0, 0.05) is 12.8 Å². The molecular weight excluding hydrogens is 266 g/mol. The van der Waals surface area contributed by atoms with Crippen LogP contribution in [0, 0.1) is 0 Å². The lowest BCUT2D eigenvalue weighted by Crippen LogP contribution is -2.49. The van der Waals surface area contributed by atoms with Crippen LogP contribution < -0.4 is 0 Å². The summed E-state index contributed by atoms with van der Waals surface area (Å²) in [4.78, 5) is 10.9. The van der Waals surface area contributed by atoms with Crippen molar-refractivity contribution in [2.75, 3.05) is 66.3 Å². The van der Waals surface area contributed by atoms with Crippen LogP contribution in [0.3, 0.4) is 0 Å². The monoisotopic (exact) mass is 294 g/mol. The molecule has 20 heavy (non-hydrogen) atoms. The standard InChI is InChI=1S/C13H27NO6/c1-14(12-13(17)18,4-2-8-19-10-6-15)5-3-9-20-11-7-16/h15-16H,2-12H2,1H3/p+1. The van der Waals surface area contributed by atoms with Crippen LogP contribution in [0.2, 0.25) is 0 Å². The van der Waals surface area contributed by atoms with Gasteiger partial charge in [-0.1, -0.05) is 0 Å². The Hall–Kier alpha value is -0.730. The van der Waals surface area contributed by atoms with Gasteiger partial charge >= 0.3 is 5.97 Å². The molecule has 0 aliphatic heterocycles. The Labute approximate surface area is 120 Å². The third-order valence-corrected chi connectivity index (χ3v) is 2.96. The molecule has 3 N–H and O–H groups in total. The number of aliphatic carboxylic acids is 1. The Morgan fingerprint density at radius 2 is 1.40 bits per heavy atom. The summed E-state index contributed by atoms with van der Waals surface area (Å²) in [6.07, 6.45) is 1.50. The fraction of sp³-hybridized carbons (Fsp3) is 0.923. The molecule has 7 nitrogen and oxygen atoms in total. The average molecular weight is 294 g/mol. The Bertz CT molecular complexity index is 235. The van der Waals surface area contributed by atoms with Gasteiger partial charge in [-0.25, -0.2) is 4.79 Å². The SMILES string of the molecule is C[N+](CCCOCCO)(CCCOCCO)CC(=O)O. The summed E-state index contributed by atoms with van der Waals surface area (Å²) in [5, 5.41) is 26.2. The van der Waals surface area contributed by atoms with E-state index in [1.165, 1.54) is 0 Å². The Kier molecular flexibility index (Phi) is 11.6. The molecule has 0 bridgehead atoms. The molecule has 0 radical (unpaired) electrons. The Morgan fingerprint density at radius 3 is 1.75 bits per heavy atom. The molecule has 0 aliphatic rings. The largest absolute Gasteiger partial charge is 0.477 e. The zero-order chi connectivity index (χ0) is 15.3. The first-order valence-electron chi connectivity index (χ1n) is 6.96. The zero-order valence-electron chi connectivity index (χ0n) is 12.3. The molecule has 0 unspecified atom stereocenters. The van der Waals surface area contributed by atoms with Crippen molar-refractivity contribution in [1.29, 1.82) is 0 Å². The third-order valence-electron chi connectivity index (χ3n) is 2.96. The molecule has 0 fully saturated rings. The number of aliphatic hydroxyl groups is 2. The molecule has 0 saturated heterocycles. The van der Waals surface area contributed by atoms with Gasteiger partial charge in [-0.3, -0.25) is 0 Å². The second kappa shape index (κ2) is 12.0. The Morgan fingerprint density at radius 1 is 0.950 bits per heavy atom. The maximum absolute atomic E-state index is 10.9. The van der Waals surface area contributed by atoms with E-state index in [0.717, 1.165) is 12.8 Å². The van der Waals surface area contributed by atoms with Gasteiger partial charge in [-0.2, -0.15) is 0 Å². The highest BCUT2D eigenvalue weighted by Gasteiger charge is 2.24. The molecule has 0 aliphatic carbocycles. The maximum Gasteiger partial charge on any atom is 0.359 e. The number of quaternary nitrogens is 1. The highest BCUT2D eigenvalue weighted by Crippen LogP contribution is 2.06. The van der Waals surface area contributed by atoms with E-state index in [-0.39, 0.29) is 19.8 Å². The summed E-state index contributed by atoms with van der Waals surface area (Å²) in [6, 6.07) is 0. The highest BCUT2D eigenvalue weighted by molar-refractivity contribution is 5.67. The molecule has 0 aromatic carbocycles. The number of likely N-dealkylation sites (N-methyl/N-ethyl adjacent to an activating group) is 1. The van der Waals surface area contributed by atoms with Crippen LogP contribution in [0.1, 0.15) is 12.8 Å². The summed E-state index contributed by atoms with van der Waals surface area (Å²) in [5.41, 5.74) is 0. The van der Waals surface area contributed by atoms with E-state index in [9.17, 15) is 4.79 Å². The minimum atomic E-state index is -0.819. The average Bonchev–Trinajstić information content (AvgIpc) is 2.37. The Balaban J connectivity index is 3.98. The summed E-state index contributed by atoms with van der Waals surface area (Å²) in [7, 11) is 1.91. The van der Waals surface area contributed by atoms with E-state index in [4.69, 9.17) is 24.8 Å². The van der Waals surface area contributed by atoms with Gasteiger partial charge in [-0.15, -0.1) is 0 Å². The lowest BCUT2D eigenvalue weighted by Gasteiger charge is -2.33. The minimum Gasteiger partial charge on any atom is -0.477 e. The smallest absolute Gasteiger partial charge is 0.359 e. The van der Waals surface area contributed by atoms with E-state index in [2.05, 4.69) is 0 Å². The quantitative estimate of drug-likeness (QED) is 0.290. The molecule has 0 saturated carbocycles. The number of ether oxygens (including phenoxy) is 2. The van der Waals surface area contributed by atoms with Crippen molar-refractivity contribution >= 4 is 5.97 Å². The first-order valence-corrected chi connectivity index (χ1v) is 6.96. The molecule has 7 heteroatoms. The van der Waals surface area contributed by atoms with Gasteiger partial charge in [0.15, 0.2) is 6.54 Å². The van der Waals surface area contributed by atoms with Crippen LogP contribution in [0.25, 0.3) is 0 Å². The summed E-state index contributed by atoms with van der Waals surface area (Å²) in [6.45, 7) is 3.17. The molecule has 0 aromatic rings. The van der Waals surface area contributed by atoms with Crippen molar-refractivity contribution in [3.8, 4) is 0 Å². The van der Waals surface area contributed by atoms with Crippen LogP contribution in [-0.2, 0) is 14.3 Å². The fourth-order valence-corrected chi connectivity index (χ4v) is 2.03.